The summed E-state index contributed by atoms with van der Waals surface area (Å²) in [5.74, 6) is 0. The van der Waals surface area contributed by atoms with Crippen molar-refractivity contribution >= 4 is 21.6 Å². The molecule has 0 spiro atoms. The Morgan fingerprint density at radius 3 is 2.61 bits per heavy atom. The van der Waals surface area contributed by atoms with E-state index in [-0.39, 0.29) is 12.6 Å². The first-order valence-corrected chi connectivity index (χ1v) is 10.0. The van der Waals surface area contributed by atoms with E-state index in [1.165, 1.54) is 6.42 Å². The summed E-state index contributed by atoms with van der Waals surface area (Å²) in [6, 6.07) is 7.00. The molecule has 1 heterocycles. The Bertz CT molecular complexity index is 646. The largest absolute Gasteiger partial charge is 0.297 e. The van der Waals surface area contributed by atoms with Crippen molar-refractivity contribution < 1.29 is 13.3 Å². The summed E-state index contributed by atoms with van der Waals surface area (Å²) in [5, 5.41) is 1.51. The highest BCUT2D eigenvalue weighted by Crippen LogP contribution is 2.37. The highest BCUT2D eigenvalue weighted by atomic mass is 35.5. The first kappa shape index (κ1) is 17.2. The molecule has 1 aromatic rings. The molecule has 7 heteroatoms. The van der Waals surface area contributed by atoms with Crippen LogP contribution in [0.4, 0.5) is 0 Å². The van der Waals surface area contributed by atoms with E-state index in [2.05, 4.69) is 4.72 Å². The second kappa shape index (κ2) is 7.07. The normalized spacial score (nSPS) is 27.4. The Hall–Kier alpha value is -0.660. The number of rotatable bonds is 4. The van der Waals surface area contributed by atoms with Gasteiger partial charge in [-0.3, -0.25) is 4.84 Å². The van der Waals surface area contributed by atoms with Crippen LogP contribution in [0.1, 0.15) is 43.7 Å². The van der Waals surface area contributed by atoms with Gasteiger partial charge in [-0.15, -0.1) is 0 Å². The van der Waals surface area contributed by atoms with Crippen molar-refractivity contribution in [3.8, 4) is 0 Å². The summed E-state index contributed by atoms with van der Waals surface area (Å²) >= 11 is 6.28. The third-order valence-electron chi connectivity index (χ3n) is 4.74. The number of nitrogens with zero attached hydrogens (tertiary/aromatic N) is 1. The third-order valence-corrected chi connectivity index (χ3v) is 6.94. The van der Waals surface area contributed by atoms with Gasteiger partial charge in [0.25, 0.3) is 0 Å². The zero-order chi connectivity index (χ0) is 16.4. The average Bonchev–Trinajstić information content (AvgIpc) is 2.91. The van der Waals surface area contributed by atoms with Crippen molar-refractivity contribution in [1.82, 2.24) is 9.79 Å². The number of hydroxylamine groups is 2. The van der Waals surface area contributed by atoms with Crippen LogP contribution in [-0.2, 0) is 14.9 Å². The molecule has 2 unspecified atom stereocenters. The highest BCUT2D eigenvalue weighted by molar-refractivity contribution is 7.90. The minimum atomic E-state index is -3.48. The summed E-state index contributed by atoms with van der Waals surface area (Å²) < 4.78 is 28.7. The average molecular weight is 359 g/mol. The van der Waals surface area contributed by atoms with Gasteiger partial charge in [0.1, 0.15) is 5.25 Å². The fraction of sp³-hybridized carbons (Fsp3) is 0.625. The lowest BCUT2D eigenvalue weighted by Crippen LogP contribution is -2.44. The number of nitrogens with one attached hydrogen (secondary N) is 1. The maximum absolute atomic E-state index is 12.9. The van der Waals surface area contributed by atoms with Crippen molar-refractivity contribution in [2.24, 2.45) is 0 Å². The van der Waals surface area contributed by atoms with E-state index in [0.717, 1.165) is 31.2 Å². The van der Waals surface area contributed by atoms with Gasteiger partial charge in [-0.25, -0.2) is 13.1 Å². The molecular weight excluding hydrogens is 336 g/mol. The second-order valence-corrected chi connectivity index (χ2v) is 8.68. The number of hydrogen-bond acceptors (Lipinski definition) is 4. The molecule has 0 radical (unpaired) electrons. The van der Waals surface area contributed by atoms with Crippen molar-refractivity contribution in [3.05, 3.63) is 34.9 Å². The van der Waals surface area contributed by atoms with Crippen molar-refractivity contribution in [1.29, 1.82) is 0 Å². The van der Waals surface area contributed by atoms with Gasteiger partial charge in [-0.2, -0.15) is 5.06 Å². The van der Waals surface area contributed by atoms with Gasteiger partial charge < -0.3 is 0 Å². The number of sulfonamides is 1. The number of benzene rings is 1. The lowest BCUT2D eigenvalue weighted by atomic mass is 9.96. The zero-order valence-corrected chi connectivity index (χ0v) is 14.8. The minimum Gasteiger partial charge on any atom is -0.297 e. The van der Waals surface area contributed by atoms with Gasteiger partial charge in [-0.1, -0.05) is 49.1 Å². The lowest BCUT2D eigenvalue weighted by Gasteiger charge is -2.27. The molecule has 3 rings (SSSR count). The van der Waals surface area contributed by atoms with Crippen LogP contribution in [0.2, 0.25) is 5.02 Å². The van der Waals surface area contributed by atoms with Crippen LogP contribution in [0.25, 0.3) is 0 Å². The van der Waals surface area contributed by atoms with E-state index in [4.69, 9.17) is 16.4 Å². The summed E-state index contributed by atoms with van der Waals surface area (Å²) in [6.45, 7) is 0.147. The van der Waals surface area contributed by atoms with E-state index in [0.29, 0.717) is 5.02 Å². The third kappa shape index (κ3) is 3.72. The van der Waals surface area contributed by atoms with E-state index in [1.807, 2.05) is 18.2 Å². The SMILES string of the molecule is CN1OCC(S(=O)(=O)NC2CCCCC2)C1c1ccccc1Cl. The highest BCUT2D eigenvalue weighted by Gasteiger charge is 2.44. The standard InChI is InChI=1S/C16H23ClN2O3S/c1-19-16(13-9-5-6-10-14(13)17)15(11-22-19)23(20,21)18-12-7-3-2-4-8-12/h5-6,9-10,12,15-16,18H,2-4,7-8,11H2,1H3. The summed E-state index contributed by atoms with van der Waals surface area (Å²) in [4.78, 5) is 5.52. The Morgan fingerprint density at radius 1 is 1.22 bits per heavy atom. The van der Waals surface area contributed by atoms with E-state index < -0.39 is 21.3 Å². The van der Waals surface area contributed by atoms with Gasteiger partial charge in [0.05, 0.1) is 12.6 Å². The van der Waals surface area contributed by atoms with Gasteiger partial charge in [0.15, 0.2) is 0 Å². The van der Waals surface area contributed by atoms with Crippen LogP contribution >= 0.6 is 11.6 Å². The summed E-state index contributed by atoms with van der Waals surface area (Å²) in [6.07, 6.45) is 5.19. The number of halogens is 1. The summed E-state index contributed by atoms with van der Waals surface area (Å²) in [5.41, 5.74) is 0.785. The first-order chi connectivity index (χ1) is 11.0. The molecule has 23 heavy (non-hydrogen) atoms. The first-order valence-electron chi connectivity index (χ1n) is 8.10. The molecule has 0 amide bonds. The molecule has 128 valence electrons. The maximum Gasteiger partial charge on any atom is 0.219 e. The molecule has 0 bridgehead atoms. The van der Waals surface area contributed by atoms with Crippen molar-refractivity contribution in [2.75, 3.05) is 13.7 Å². The summed E-state index contributed by atoms with van der Waals surface area (Å²) in [7, 11) is -1.73. The van der Waals surface area contributed by atoms with Crippen LogP contribution in [0.3, 0.4) is 0 Å². The quantitative estimate of drug-likeness (QED) is 0.899. The molecule has 2 aliphatic rings. The molecule has 2 atom stereocenters. The zero-order valence-electron chi connectivity index (χ0n) is 13.2. The molecule has 0 aromatic heterocycles. The smallest absolute Gasteiger partial charge is 0.219 e. The van der Waals surface area contributed by atoms with Crippen molar-refractivity contribution in [2.45, 2.75) is 49.4 Å². The maximum atomic E-state index is 12.9. The second-order valence-electron chi connectivity index (χ2n) is 6.34. The lowest BCUT2D eigenvalue weighted by molar-refractivity contribution is -0.110. The molecule has 1 aromatic carbocycles. The van der Waals surface area contributed by atoms with Crippen molar-refractivity contribution in [3.63, 3.8) is 0 Å². The molecule has 1 aliphatic carbocycles. The van der Waals surface area contributed by atoms with E-state index in [1.54, 1.807) is 18.2 Å². The van der Waals surface area contributed by atoms with Crippen LogP contribution in [-0.4, -0.2) is 38.4 Å². The Labute approximate surface area is 143 Å². The molecule has 1 saturated heterocycles. The molecule has 1 N–H and O–H groups in total. The molecular formula is C16H23ClN2O3S. The van der Waals surface area contributed by atoms with Gasteiger partial charge >= 0.3 is 0 Å². The molecule has 1 saturated carbocycles. The predicted octanol–water partition coefficient (Wildman–Crippen LogP) is 2.88. The molecule has 5 nitrogen and oxygen atoms in total. The Balaban J connectivity index is 1.83. The van der Waals surface area contributed by atoms with Gasteiger partial charge in [0.2, 0.25) is 10.0 Å². The van der Waals surface area contributed by atoms with Crippen LogP contribution in [0, 0.1) is 0 Å². The Morgan fingerprint density at radius 2 is 1.91 bits per heavy atom. The van der Waals surface area contributed by atoms with E-state index >= 15 is 0 Å². The number of hydrogen-bond donors (Lipinski definition) is 1. The van der Waals surface area contributed by atoms with Crippen LogP contribution < -0.4 is 4.72 Å². The minimum absolute atomic E-state index is 0.0477. The predicted molar refractivity (Wildman–Crippen MR) is 90.6 cm³/mol. The van der Waals surface area contributed by atoms with Gasteiger partial charge in [0, 0.05) is 18.1 Å². The Kier molecular flexibility index (Phi) is 5.28. The molecule has 2 fully saturated rings. The monoisotopic (exact) mass is 358 g/mol. The topological polar surface area (TPSA) is 58.6 Å². The van der Waals surface area contributed by atoms with Crippen LogP contribution in [0.15, 0.2) is 24.3 Å². The fourth-order valence-electron chi connectivity index (χ4n) is 3.51. The van der Waals surface area contributed by atoms with Gasteiger partial charge in [-0.05, 0) is 24.5 Å². The molecule has 1 aliphatic heterocycles. The van der Waals surface area contributed by atoms with E-state index in [9.17, 15) is 8.42 Å². The fourth-order valence-corrected chi connectivity index (χ4v) is 5.53. The van der Waals surface area contributed by atoms with Crippen LogP contribution in [0.5, 0.6) is 0 Å².